The van der Waals surface area contributed by atoms with Crippen molar-refractivity contribution in [2.24, 2.45) is 0 Å². The number of benzene rings is 2. The van der Waals surface area contributed by atoms with Crippen LogP contribution in [0.3, 0.4) is 0 Å². The van der Waals surface area contributed by atoms with Gasteiger partial charge in [0.15, 0.2) is 0 Å². The topological polar surface area (TPSA) is 88.1 Å². The number of hydrogen-bond donors (Lipinski definition) is 0. The third-order valence-corrected chi connectivity index (χ3v) is 6.06. The van der Waals surface area contributed by atoms with E-state index in [1.54, 1.807) is 54.6 Å². The van der Waals surface area contributed by atoms with E-state index in [9.17, 15) is 14.4 Å². The number of rotatable bonds is 15. The zero-order valence-corrected chi connectivity index (χ0v) is 22.0. The van der Waals surface area contributed by atoms with E-state index in [1.165, 1.54) is 6.08 Å². The standard InChI is InChI=1S/C31H36O7/c1-3-4-20-36-29(32)19-12-24-10-15-27(16-11-24)37-31(34)25-13-17-26(18-14-25)35-21-8-6-5-7-9-28-22-23(2)30(33)38-28/h10-19,28H,2-9,20-22H2,1H3/b19-12+. The van der Waals surface area contributed by atoms with Gasteiger partial charge in [-0.2, -0.15) is 0 Å². The lowest BCUT2D eigenvalue weighted by atomic mass is 10.1. The third kappa shape index (κ3) is 9.88. The summed E-state index contributed by atoms with van der Waals surface area (Å²) in [5.41, 5.74) is 1.79. The zero-order chi connectivity index (χ0) is 27.2. The van der Waals surface area contributed by atoms with Crippen LogP contribution in [0.25, 0.3) is 6.08 Å². The fraction of sp³-hybridized carbons (Fsp3) is 0.387. The molecule has 0 N–H and O–H groups in total. The largest absolute Gasteiger partial charge is 0.494 e. The fourth-order valence-corrected chi connectivity index (χ4v) is 3.84. The SMILES string of the molecule is C=C1CC(CCCCCCOc2ccc(C(=O)Oc3ccc(/C=C/C(=O)OCCCC)cc3)cc2)OC1=O. The number of esters is 3. The summed E-state index contributed by atoms with van der Waals surface area (Å²) in [6.45, 7) is 6.75. The van der Waals surface area contributed by atoms with E-state index in [2.05, 4.69) is 6.58 Å². The number of carbonyl (C=O) groups is 3. The van der Waals surface area contributed by atoms with Gasteiger partial charge in [-0.3, -0.25) is 0 Å². The first-order valence-electron chi connectivity index (χ1n) is 13.2. The first kappa shape index (κ1) is 28.7. The minimum Gasteiger partial charge on any atom is -0.494 e. The molecule has 1 fully saturated rings. The number of hydrogen-bond acceptors (Lipinski definition) is 7. The van der Waals surface area contributed by atoms with Crippen LogP contribution in [0.4, 0.5) is 0 Å². The predicted molar refractivity (Wildman–Crippen MR) is 145 cm³/mol. The Hall–Kier alpha value is -3.87. The van der Waals surface area contributed by atoms with Crippen molar-refractivity contribution in [3.05, 3.63) is 77.9 Å². The van der Waals surface area contributed by atoms with Crippen molar-refractivity contribution < 1.29 is 33.3 Å². The van der Waals surface area contributed by atoms with Crippen LogP contribution in [0.2, 0.25) is 0 Å². The highest BCUT2D eigenvalue weighted by atomic mass is 16.6. The van der Waals surface area contributed by atoms with Crippen LogP contribution in [-0.2, 0) is 19.1 Å². The maximum atomic E-state index is 12.5. The molecule has 0 aliphatic carbocycles. The molecule has 0 amide bonds. The first-order chi connectivity index (χ1) is 18.4. The van der Waals surface area contributed by atoms with Crippen LogP contribution in [0.1, 0.15) is 74.2 Å². The summed E-state index contributed by atoms with van der Waals surface area (Å²) in [6, 6.07) is 13.7. The molecule has 0 spiro atoms. The smallest absolute Gasteiger partial charge is 0.343 e. The van der Waals surface area contributed by atoms with Crippen LogP contribution in [0, 0.1) is 0 Å². The molecule has 1 heterocycles. The van der Waals surface area contributed by atoms with Crippen molar-refractivity contribution in [1.82, 2.24) is 0 Å². The molecule has 1 aliphatic rings. The summed E-state index contributed by atoms with van der Waals surface area (Å²) in [7, 11) is 0. The summed E-state index contributed by atoms with van der Waals surface area (Å²) in [6.07, 6.45) is 10.4. The lowest BCUT2D eigenvalue weighted by molar-refractivity contribution is -0.139. The van der Waals surface area contributed by atoms with Gasteiger partial charge in [0.1, 0.15) is 17.6 Å². The molecule has 1 atom stereocenters. The number of unbranched alkanes of at least 4 members (excludes halogenated alkanes) is 4. The summed E-state index contributed by atoms with van der Waals surface area (Å²) in [5, 5.41) is 0. The third-order valence-electron chi connectivity index (χ3n) is 6.06. The molecule has 2 aromatic rings. The normalized spacial score (nSPS) is 14.9. The van der Waals surface area contributed by atoms with Gasteiger partial charge in [0.25, 0.3) is 0 Å². The van der Waals surface area contributed by atoms with Gasteiger partial charge in [0.2, 0.25) is 0 Å². The lowest BCUT2D eigenvalue weighted by Gasteiger charge is -2.09. The van der Waals surface area contributed by atoms with E-state index >= 15 is 0 Å². The minimum atomic E-state index is -0.462. The maximum Gasteiger partial charge on any atom is 0.343 e. The molecule has 7 heteroatoms. The highest BCUT2D eigenvalue weighted by molar-refractivity contribution is 5.91. The van der Waals surface area contributed by atoms with Crippen LogP contribution in [0.15, 0.2) is 66.8 Å². The zero-order valence-electron chi connectivity index (χ0n) is 22.0. The van der Waals surface area contributed by atoms with Gasteiger partial charge in [-0.15, -0.1) is 0 Å². The Kier molecular flexibility index (Phi) is 11.6. The second kappa shape index (κ2) is 15.4. The Morgan fingerprint density at radius 2 is 1.66 bits per heavy atom. The molecule has 7 nitrogen and oxygen atoms in total. The maximum absolute atomic E-state index is 12.5. The Labute approximate surface area is 224 Å². The van der Waals surface area contributed by atoms with Crippen LogP contribution < -0.4 is 9.47 Å². The molecule has 38 heavy (non-hydrogen) atoms. The van der Waals surface area contributed by atoms with Crippen LogP contribution in [0.5, 0.6) is 11.5 Å². The van der Waals surface area contributed by atoms with Gasteiger partial charge in [0, 0.05) is 18.1 Å². The summed E-state index contributed by atoms with van der Waals surface area (Å²) < 4.78 is 21.5. The number of cyclic esters (lactones) is 1. The van der Waals surface area contributed by atoms with Gasteiger partial charge in [0.05, 0.1) is 18.8 Å². The van der Waals surface area contributed by atoms with E-state index in [0.29, 0.717) is 42.3 Å². The molecule has 1 saturated heterocycles. The van der Waals surface area contributed by atoms with Gasteiger partial charge >= 0.3 is 17.9 Å². The average molecular weight is 521 g/mol. The van der Waals surface area contributed by atoms with Crippen molar-refractivity contribution in [3.8, 4) is 11.5 Å². The van der Waals surface area contributed by atoms with Gasteiger partial charge < -0.3 is 18.9 Å². The molecule has 0 aromatic heterocycles. The van der Waals surface area contributed by atoms with E-state index in [1.807, 2.05) is 6.92 Å². The highest BCUT2D eigenvalue weighted by Gasteiger charge is 2.26. The summed E-state index contributed by atoms with van der Waals surface area (Å²) in [4.78, 5) is 35.5. The van der Waals surface area contributed by atoms with Crippen molar-refractivity contribution in [3.63, 3.8) is 0 Å². The molecular formula is C31H36O7. The Morgan fingerprint density at radius 1 is 0.947 bits per heavy atom. The molecule has 202 valence electrons. The monoisotopic (exact) mass is 520 g/mol. The lowest BCUT2D eigenvalue weighted by Crippen LogP contribution is -2.08. The first-order valence-corrected chi connectivity index (χ1v) is 13.2. The van der Waals surface area contributed by atoms with E-state index in [-0.39, 0.29) is 18.0 Å². The Balaban J connectivity index is 1.32. The second-order valence-corrected chi connectivity index (χ2v) is 9.22. The number of ether oxygens (including phenoxy) is 4. The quantitative estimate of drug-likeness (QED) is 0.115. The van der Waals surface area contributed by atoms with Crippen LogP contribution >= 0.6 is 0 Å². The molecule has 0 radical (unpaired) electrons. The average Bonchev–Trinajstić information content (AvgIpc) is 3.24. The molecule has 1 aliphatic heterocycles. The summed E-state index contributed by atoms with van der Waals surface area (Å²) in [5.74, 6) is 0.00876. The predicted octanol–water partition coefficient (Wildman–Crippen LogP) is 6.46. The van der Waals surface area contributed by atoms with Gasteiger partial charge in [-0.05, 0) is 73.7 Å². The molecule has 0 saturated carbocycles. The molecular weight excluding hydrogens is 484 g/mol. The van der Waals surface area contributed by atoms with Gasteiger partial charge in [-0.1, -0.05) is 44.9 Å². The highest BCUT2D eigenvalue weighted by Crippen LogP contribution is 2.23. The van der Waals surface area contributed by atoms with Crippen LogP contribution in [-0.4, -0.2) is 37.2 Å². The van der Waals surface area contributed by atoms with Crippen molar-refractivity contribution >= 4 is 24.0 Å². The fourth-order valence-electron chi connectivity index (χ4n) is 3.84. The molecule has 0 bridgehead atoms. The Morgan fingerprint density at radius 3 is 2.34 bits per heavy atom. The minimum absolute atomic E-state index is 0.00893. The molecule has 3 rings (SSSR count). The molecule has 2 aromatic carbocycles. The number of carbonyl (C=O) groups excluding carboxylic acids is 3. The molecule has 1 unspecified atom stereocenters. The van der Waals surface area contributed by atoms with Crippen molar-refractivity contribution in [2.75, 3.05) is 13.2 Å². The van der Waals surface area contributed by atoms with Crippen molar-refractivity contribution in [1.29, 1.82) is 0 Å². The van der Waals surface area contributed by atoms with E-state index < -0.39 is 5.97 Å². The van der Waals surface area contributed by atoms with E-state index in [4.69, 9.17) is 18.9 Å². The summed E-state index contributed by atoms with van der Waals surface area (Å²) >= 11 is 0. The van der Waals surface area contributed by atoms with Crippen molar-refractivity contribution in [2.45, 2.75) is 64.4 Å². The van der Waals surface area contributed by atoms with E-state index in [0.717, 1.165) is 50.5 Å². The van der Waals surface area contributed by atoms with Gasteiger partial charge in [-0.25, -0.2) is 14.4 Å². The Bertz CT molecular complexity index is 1080. The second-order valence-electron chi connectivity index (χ2n) is 9.22.